The molecule has 0 spiro atoms. The Balaban J connectivity index is 2.09. The molecule has 148 valence electrons. The van der Waals surface area contributed by atoms with Gasteiger partial charge in [0.15, 0.2) is 11.5 Å². The number of rotatable bonds is 9. The molecule has 1 amide bonds. The van der Waals surface area contributed by atoms with Crippen LogP contribution in [-0.4, -0.2) is 66.2 Å². The van der Waals surface area contributed by atoms with Crippen LogP contribution in [0, 0.1) is 10.1 Å². The van der Waals surface area contributed by atoms with Crippen molar-refractivity contribution >= 4 is 17.6 Å². The first-order valence-electron chi connectivity index (χ1n) is 8.47. The number of aliphatic carboxylic acids is 1. The molecular weight excluding hydrogens is 358 g/mol. The highest BCUT2D eigenvalue weighted by Crippen LogP contribution is 2.35. The molecule has 1 aliphatic carbocycles. The Bertz CT molecular complexity index is 731. The van der Waals surface area contributed by atoms with E-state index in [0.29, 0.717) is 19.4 Å². The third-order valence-electron chi connectivity index (χ3n) is 4.65. The molecule has 0 bridgehead atoms. The molecule has 2 rings (SSSR count). The van der Waals surface area contributed by atoms with Gasteiger partial charge in [-0.05, 0) is 19.4 Å². The predicted molar refractivity (Wildman–Crippen MR) is 95.4 cm³/mol. The third kappa shape index (κ3) is 4.64. The average molecular weight is 381 g/mol. The van der Waals surface area contributed by atoms with Gasteiger partial charge in [0.25, 0.3) is 11.6 Å². The van der Waals surface area contributed by atoms with Crippen LogP contribution < -0.4 is 14.8 Å². The fraction of sp³-hybridized carbons (Fsp3) is 0.529. The number of carbonyl (C=O) groups excluding carboxylic acids is 1. The van der Waals surface area contributed by atoms with Crippen molar-refractivity contribution in [1.82, 2.24) is 10.2 Å². The molecule has 10 nitrogen and oxygen atoms in total. The van der Waals surface area contributed by atoms with E-state index in [9.17, 15) is 19.7 Å². The fourth-order valence-electron chi connectivity index (χ4n) is 3.14. The van der Waals surface area contributed by atoms with Crippen molar-refractivity contribution in [2.24, 2.45) is 0 Å². The SMILES string of the molecule is CCN(CC(=O)O)C1CC(NC(=O)c2cc(OC)c(OC)cc2[N+](=O)[O-])C1. The third-order valence-corrected chi connectivity index (χ3v) is 4.65. The van der Waals surface area contributed by atoms with Gasteiger partial charge in [-0.3, -0.25) is 24.6 Å². The van der Waals surface area contributed by atoms with Crippen LogP contribution in [0.1, 0.15) is 30.1 Å². The summed E-state index contributed by atoms with van der Waals surface area (Å²) >= 11 is 0. The van der Waals surface area contributed by atoms with Crippen molar-refractivity contribution in [3.63, 3.8) is 0 Å². The molecular formula is C17H23N3O7. The zero-order valence-corrected chi connectivity index (χ0v) is 15.4. The van der Waals surface area contributed by atoms with Crippen LogP contribution in [0.15, 0.2) is 12.1 Å². The number of methoxy groups -OCH3 is 2. The second-order valence-electron chi connectivity index (χ2n) is 6.23. The Hall–Kier alpha value is -2.88. The van der Waals surface area contributed by atoms with Crippen LogP contribution in [0.3, 0.4) is 0 Å². The standard InChI is InChI=1S/C17H23N3O7/c1-4-19(9-16(21)22)11-5-10(6-11)18-17(23)12-7-14(26-2)15(27-3)8-13(12)20(24)25/h7-8,10-11H,4-6,9H2,1-3H3,(H,18,23)(H,21,22). The zero-order valence-electron chi connectivity index (χ0n) is 15.4. The van der Waals surface area contributed by atoms with E-state index >= 15 is 0 Å². The van der Waals surface area contributed by atoms with Gasteiger partial charge >= 0.3 is 5.97 Å². The summed E-state index contributed by atoms with van der Waals surface area (Å²) in [7, 11) is 2.73. The van der Waals surface area contributed by atoms with Crippen LogP contribution in [-0.2, 0) is 4.79 Å². The van der Waals surface area contributed by atoms with Gasteiger partial charge in [-0.1, -0.05) is 6.92 Å². The summed E-state index contributed by atoms with van der Waals surface area (Å²) in [6.07, 6.45) is 1.18. The Labute approximate surface area is 156 Å². The summed E-state index contributed by atoms with van der Waals surface area (Å²) in [5.41, 5.74) is -0.485. The van der Waals surface area contributed by atoms with Gasteiger partial charge in [0.1, 0.15) is 5.56 Å². The summed E-state index contributed by atoms with van der Waals surface area (Å²) < 4.78 is 10.2. The molecule has 1 aromatic rings. The van der Waals surface area contributed by atoms with E-state index < -0.39 is 16.8 Å². The normalized spacial score (nSPS) is 18.5. The number of amides is 1. The molecule has 2 N–H and O–H groups in total. The van der Waals surface area contributed by atoms with Gasteiger partial charge in [-0.2, -0.15) is 0 Å². The molecule has 27 heavy (non-hydrogen) atoms. The molecule has 1 fully saturated rings. The lowest BCUT2D eigenvalue weighted by Crippen LogP contribution is -2.54. The van der Waals surface area contributed by atoms with Crippen molar-refractivity contribution in [2.45, 2.75) is 31.8 Å². The van der Waals surface area contributed by atoms with Gasteiger partial charge in [0.05, 0.1) is 31.8 Å². The second-order valence-corrected chi connectivity index (χ2v) is 6.23. The van der Waals surface area contributed by atoms with Gasteiger partial charge in [0, 0.05) is 18.2 Å². The Kier molecular flexibility index (Phi) is 6.56. The highest BCUT2D eigenvalue weighted by molar-refractivity contribution is 5.99. The smallest absolute Gasteiger partial charge is 0.317 e. The number of hydrogen-bond donors (Lipinski definition) is 2. The lowest BCUT2D eigenvalue weighted by Gasteiger charge is -2.42. The van der Waals surface area contributed by atoms with Gasteiger partial charge < -0.3 is 19.9 Å². The van der Waals surface area contributed by atoms with Crippen molar-refractivity contribution in [3.8, 4) is 11.5 Å². The Morgan fingerprint density at radius 2 is 1.89 bits per heavy atom. The summed E-state index contributed by atoms with van der Waals surface area (Å²) in [6, 6.07) is 2.34. The van der Waals surface area contributed by atoms with Crippen molar-refractivity contribution in [1.29, 1.82) is 0 Å². The summed E-state index contributed by atoms with van der Waals surface area (Å²) in [4.78, 5) is 35.9. The van der Waals surface area contributed by atoms with E-state index in [0.717, 1.165) is 6.07 Å². The molecule has 0 saturated heterocycles. The molecule has 0 aliphatic heterocycles. The first kappa shape index (κ1) is 20.4. The monoisotopic (exact) mass is 381 g/mol. The first-order valence-corrected chi connectivity index (χ1v) is 8.47. The lowest BCUT2D eigenvalue weighted by atomic mass is 9.85. The summed E-state index contributed by atoms with van der Waals surface area (Å²) in [6.45, 7) is 2.42. The molecule has 0 aromatic heterocycles. The quantitative estimate of drug-likeness (QED) is 0.483. The van der Waals surface area contributed by atoms with Crippen molar-refractivity contribution < 1.29 is 29.1 Å². The van der Waals surface area contributed by atoms with E-state index in [4.69, 9.17) is 14.6 Å². The minimum absolute atomic E-state index is 0.0526. The number of likely N-dealkylation sites (N-methyl/N-ethyl adjacent to an activating group) is 1. The van der Waals surface area contributed by atoms with Gasteiger partial charge in [0.2, 0.25) is 0 Å². The van der Waals surface area contributed by atoms with E-state index in [-0.39, 0.29) is 41.4 Å². The Morgan fingerprint density at radius 1 is 1.30 bits per heavy atom. The van der Waals surface area contributed by atoms with E-state index in [1.54, 1.807) is 0 Å². The molecule has 0 unspecified atom stereocenters. The van der Waals surface area contributed by atoms with Crippen LogP contribution in [0.5, 0.6) is 11.5 Å². The fourth-order valence-corrected chi connectivity index (χ4v) is 3.14. The number of carboxylic acids is 1. The van der Waals surface area contributed by atoms with E-state index in [1.165, 1.54) is 20.3 Å². The molecule has 1 aliphatic rings. The van der Waals surface area contributed by atoms with Gasteiger partial charge in [-0.25, -0.2) is 0 Å². The number of nitro benzene ring substituents is 1. The summed E-state index contributed by atoms with van der Waals surface area (Å²) in [5, 5.41) is 23.0. The van der Waals surface area contributed by atoms with Crippen LogP contribution >= 0.6 is 0 Å². The number of nitrogens with zero attached hydrogens (tertiary/aromatic N) is 2. The van der Waals surface area contributed by atoms with Crippen molar-refractivity contribution in [2.75, 3.05) is 27.3 Å². The number of benzene rings is 1. The minimum atomic E-state index is -0.898. The summed E-state index contributed by atoms with van der Waals surface area (Å²) in [5.74, 6) is -1.09. The largest absolute Gasteiger partial charge is 0.493 e. The Morgan fingerprint density at radius 3 is 2.37 bits per heavy atom. The molecule has 0 radical (unpaired) electrons. The maximum Gasteiger partial charge on any atom is 0.317 e. The maximum atomic E-state index is 12.5. The molecule has 1 saturated carbocycles. The lowest BCUT2D eigenvalue weighted by molar-refractivity contribution is -0.385. The van der Waals surface area contributed by atoms with Crippen LogP contribution in [0.25, 0.3) is 0 Å². The number of nitro groups is 1. The van der Waals surface area contributed by atoms with Crippen molar-refractivity contribution in [3.05, 3.63) is 27.8 Å². The molecule has 0 heterocycles. The predicted octanol–water partition coefficient (Wildman–Crippen LogP) is 1.28. The first-order chi connectivity index (χ1) is 12.8. The average Bonchev–Trinajstić information content (AvgIpc) is 2.60. The number of hydrogen-bond acceptors (Lipinski definition) is 7. The number of nitrogens with one attached hydrogen (secondary N) is 1. The molecule has 10 heteroatoms. The topological polar surface area (TPSA) is 131 Å². The maximum absolute atomic E-state index is 12.5. The highest BCUT2D eigenvalue weighted by Gasteiger charge is 2.36. The molecule has 0 atom stereocenters. The number of carbonyl (C=O) groups is 2. The van der Waals surface area contributed by atoms with Crippen LogP contribution in [0.2, 0.25) is 0 Å². The zero-order chi connectivity index (χ0) is 20.1. The molecule has 1 aromatic carbocycles. The minimum Gasteiger partial charge on any atom is -0.493 e. The number of ether oxygens (including phenoxy) is 2. The van der Waals surface area contributed by atoms with Crippen LogP contribution in [0.4, 0.5) is 5.69 Å². The second kappa shape index (κ2) is 8.67. The number of carboxylic acid groups (broad SMARTS) is 1. The van der Waals surface area contributed by atoms with E-state index in [1.807, 2.05) is 11.8 Å². The van der Waals surface area contributed by atoms with Gasteiger partial charge in [-0.15, -0.1) is 0 Å². The van der Waals surface area contributed by atoms with E-state index in [2.05, 4.69) is 5.32 Å². The highest BCUT2D eigenvalue weighted by atomic mass is 16.6.